The van der Waals surface area contributed by atoms with Crippen molar-refractivity contribution < 1.29 is 4.39 Å². The summed E-state index contributed by atoms with van der Waals surface area (Å²) in [4.78, 5) is 4.23. The van der Waals surface area contributed by atoms with Crippen LogP contribution >= 0.6 is 23.2 Å². The lowest BCUT2D eigenvalue weighted by Gasteiger charge is -2.08. The highest BCUT2D eigenvalue weighted by molar-refractivity contribution is 6.42. The Kier molecular flexibility index (Phi) is 3.07. The highest BCUT2D eigenvalue weighted by Gasteiger charge is 2.13. The number of nitrogens with zero attached hydrogens (tertiary/aromatic N) is 2. The molecule has 0 saturated carbocycles. The predicted molar refractivity (Wildman–Crippen MR) is 80.2 cm³/mol. The molecule has 0 unspecified atom stereocenters. The van der Waals surface area contributed by atoms with Crippen LogP contribution in [-0.2, 0) is 0 Å². The van der Waals surface area contributed by atoms with E-state index in [4.69, 9.17) is 28.9 Å². The van der Waals surface area contributed by atoms with Crippen molar-refractivity contribution in [2.75, 3.05) is 5.73 Å². The molecule has 6 heteroatoms. The summed E-state index contributed by atoms with van der Waals surface area (Å²) in [5.74, 6) is -0.0790. The molecule has 3 rings (SSSR count). The van der Waals surface area contributed by atoms with Gasteiger partial charge in [0.05, 0.1) is 26.8 Å². The van der Waals surface area contributed by atoms with E-state index in [2.05, 4.69) is 4.98 Å². The third-order valence-electron chi connectivity index (χ3n) is 3.01. The van der Waals surface area contributed by atoms with Crippen molar-refractivity contribution >= 4 is 40.2 Å². The van der Waals surface area contributed by atoms with Gasteiger partial charge >= 0.3 is 0 Å². The number of rotatable bonds is 1. The third-order valence-corrected chi connectivity index (χ3v) is 3.73. The number of nitrogens with two attached hydrogens (primary N) is 1. The summed E-state index contributed by atoms with van der Waals surface area (Å²) in [6, 6.07) is 7.97. The molecule has 0 bridgehead atoms. The van der Waals surface area contributed by atoms with Crippen LogP contribution in [0.5, 0.6) is 0 Å². The second-order valence-electron chi connectivity index (χ2n) is 4.55. The number of imidazole rings is 1. The minimum Gasteiger partial charge on any atom is -0.369 e. The largest absolute Gasteiger partial charge is 0.369 e. The number of nitrogen functional groups attached to an aromatic ring is 1. The van der Waals surface area contributed by atoms with Gasteiger partial charge in [-0.1, -0.05) is 23.2 Å². The highest BCUT2D eigenvalue weighted by Crippen LogP contribution is 2.31. The molecule has 1 aromatic heterocycles. The Labute approximate surface area is 124 Å². The molecular weight excluding hydrogens is 300 g/mol. The van der Waals surface area contributed by atoms with Crippen molar-refractivity contribution in [2.24, 2.45) is 0 Å². The van der Waals surface area contributed by atoms with Crippen LogP contribution in [0.1, 0.15) is 5.56 Å². The van der Waals surface area contributed by atoms with Crippen molar-refractivity contribution in [1.82, 2.24) is 9.55 Å². The van der Waals surface area contributed by atoms with Crippen LogP contribution in [0.25, 0.3) is 16.7 Å². The van der Waals surface area contributed by atoms with Crippen molar-refractivity contribution in [3.63, 3.8) is 0 Å². The molecule has 0 saturated heterocycles. The standard InChI is InChI=1S/C14H10Cl2FN3/c1-7-2-8(17)4-9(3-7)20-13-6-11(16)10(15)5-12(13)19-14(20)18/h2-6H,1H3,(H2,18,19). The molecule has 3 aromatic rings. The lowest BCUT2D eigenvalue weighted by molar-refractivity contribution is 0.625. The smallest absolute Gasteiger partial charge is 0.205 e. The predicted octanol–water partition coefficient (Wildman–Crippen LogP) is 4.36. The molecule has 0 atom stereocenters. The van der Waals surface area contributed by atoms with Gasteiger partial charge in [0.1, 0.15) is 5.82 Å². The Bertz CT molecular complexity index is 807. The van der Waals surface area contributed by atoms with Gasteiger partial charge in [0.25, 0.3) is 0 Å². The van der Waals surface area contributed by atoms with E-state index < -0.39 is 0 Å². The Balaban J connectivity index is 2.35. The molecule has 0 fully saturated rings. The maximum Gasteiger partial charge on any atom is 0.205 e. The summed E-state index contributed by atoms with van der Waals surface area (Å²) in [6.07, 6.45) is 0. The molecule has 0 radical (unpaired) electrons. The zero-order valence-electron chi connectivity index (χ0n) is 10.5. The van der Waals surface area contributed by atoms with Crippen LogP contribution in [0.3, 0.4) is 0 Å². The molecule has 0 aliphatic rings. The molecular formula is C14H10Cl2FN3. The third kappa shape index (κ3) is 2.11. The van der Waals surface area contributed by atoms with E-state index >= 15 is 0 Å². The molecule has 102 valence electrons. The Morgan fingerprint density at radius 1 is 1.10 bits per heavy atom. The second kappa shape index (κ2) is 4.65. The van der Waals surface area contributed by atoms with Crippen LogP contribution in [-0.4, -0.2) is 9.55 Å². The monoisotopic (exact) mass is 309 g/mol. The Morgan fingerprint density at radius 3 is 2.50 bits per heavy atom. The summed E-state index contributed by atoms with van der Waals surface area (Å²) in [5, 5.41) is 0.799. The van der Waals surface area contributed by atoms with Gasteiger partial charge in [0.2, 0.25) is 5.95 Å². The van der Waals surface area contributed by atoms with Crippen LogP contribution in [0.2, 0.25) is 10.0 Å². The van der Waals surface area contributed by atoms with Gasteiger partial charge in [0, 0.05) is 0 Å². The van der Waals surface area contributed by atoms with E-state index in [-0.39, 0.29) is 11.8 Å². The van der Waals surface area contributed by atoms with Crippen LogP contribution < -0.4 is 5.73 Å². The number of fused-ring (bicyclic) bond motifs is 1. The first-order valence-corrected chi connectivity index (χ1v) is 6.62. The maximum atomic E-state index is 13.6. The van der Waals surface area contributed by atoms with Crippen LogP contribution in [0, 0.1) is 12.7 Å². The number of halogens is 3. The molecule has 0 aliphatic carbocycles. The highest BCUT2D eigenvalue weighted by atomic mass is 35.5. The first kappa shape index (κ1) is 13.2. The average Bonchev–Trinajstić information content (AvgIpc) is 2.64. The van der Waals surface area contributed by atoms with Crippen molar-refractivity contribution in [2.45, 2.75) is 6.92 Å². The maximum absolute atomic E-state index is 13.6. The van der Waals surface area contributed by atoms with E-state index in [1.54, 1.807) is 16.7 Å². The topological polar surface area (TPSA) is 43.8 Å². The molecule has 2 N–H and O–H groups in total. The fourth-order valence-corrected chi connectivity index (χ4v) is 2.52. The van der Waals surface area contributed by atoms with Gasteiger partial charge < -0.3 is 5.73 Å². The fraction of sp³-hybridized carbons (Fsp3) is 0.0714. The fourth-order valence-electron chi connectivity index (χ4n) is 2.21. The first-order chi connectivity index (χ1) is 9.45. The minimum atomic E-state index is -0.332. The zero-order valence-corrected chi connectivity index (χ0v) is 12.0. The van der Waals surface area contributed by atoms with Gasteiger partial charge in [-0.05, 0) is 42.8 Å². The van der Waals surface area contributed by atoms with E-state index in [0.717, 1.165) is 5.56 Å². The first-order valence-electron chi connectivity index (χ1n) is 5.86. The average molecular weight is 310 g/mol. The zero-order chi connectivity index (χ0) is 14.4. The SMILES string of the molecule is Cc1cc(F)cc(-n2c(N)nc3cc(Cl)c(Cl)cc32)c1. The van der Waals surface area contributed by atoms with E-state index in [0.29, 0.717) is 26.8 Å². The molecule has 3 nitrogen and oxygen atoms in total. The van der Waals surface area contributed by atoms with Gasteiger partial charge in [-0.25, -0.2) is 9.37 Å². The quantitative estimate of drug-likeness (QED) is 0.725. The summed E-state index contributed by atoms with van der Waals surface area (Å²) in [6.45, 7) is 1.81. The van der Waals surface area contributed by atoms with Crippen LogP contribution in [0.15, 0.2) is 30.3 Å². The van der Waals surface area contributed by atoms with Gasteiger partial charge in [-0.15, -0.1) is 0 Å². The van der Waals surface area contributed by atoms with E-state index in [1.807, 2.05) is 13.0 Å². The van der Waals surface area contributed by atoms with Crippen molar-refractivity contribution in [3.8, 4) is 5.69 Å². The van der Waals surface area contributed by atoms with Crippen LogP contribution in [0.4, 0.5) is 10.3 Å². The number of hydrogen-bond acceptors (Lipinski definition) is 2. The number of aromatic nitrogens is 2. The molecule has 20 heavy (non-hydrogen) atoms. The minimum absolute atomic E-state index is 0.253. The van der Waals surface area contributed by atoms with E-state index in [9.17, 15) is 4.39 Å². The lowest BCUT2D eigenvalue weighted by atomic mass is 10.2. The molecule has 0 aliphatic heterocycles. The molecule has 2 aromatic carbocycles. The Hall–Kier alpha value is -1.78. The summed E-state index contributed by atoms with van der Waals surface area (Å²) in [7, 11) is 0. The Morgan fingerprint density at radius 2 is 1.80 bits per heavy atom. The van der Waals surface area contributed by atoms with E-state index in [1.165, 1.54) is 12.1 Å². The second-order valence-corrected chi connectivity index (χ2v) is 5.36. The number of anilines is 1. The normalized spacial score (nSPS) is 11.2. The molecule has 0 amide bonds. The lowest BCUT2D eigenvalue weighted by Crippen LogP contribution is -2.01. The molecule has 0 spiro atoms. The number of aryl methyl sites for hydroxylation is 1. The van der Waals surface area contributed by atoms with Crippen molar-refractivity contribution in [1.29, 1.82) is 0 Å². The summed E-state index contributed by atoms with van der Waals surface area (Å²) >= 11 is 12.0. The van der Waals surface area contributed by atoms with Gasteiger partial charge in [-0.2, -0.15) is 0 Å². The number of hydrogen-bond donors (Lipinski definition) is 1. The number of benzene rings is 2. The van der Waals surface area contributed by atoms with Gasteiger partial charge in [-0.3, -0.25) is 4.57 Å². The van der Waals surface area contributed by atoms with Crippen molar-refractivity contribution in [3.05, 3.63) is 51.8 Å². The van der Waals surface area contributed by atoms with Gasteiger partial charge in [0.15, 0.2) is 0 Å². The summed E-state index contributed by atoms with van der Waals surface area (Å²) in [5.41, 5.74) is 8.61. The summed E-state index contributed by atoms with van der Waals surface area (Å²) < 4.78 is 15.2. The molecule has 1 heterocycles.